The van der Waals surface area contributed by atoms with Crippen molar-refractivity contribution < 1.29 is 63.7 Å². The number of aryl methyl sites for hydroxylation is 1. The van der Waals surface area contributed by atoms with E-state index < -0.39 is 64.9 Å². The Morgan fingerprint density at radius 1 is 0.820 bits per heavy atom. The van der Waals surface area contributed by atoms with Crippen molar-refractivity contribution in [3.8, 4) is 28.1 Å². The lowest BCUT2D eigenvalue weighted by Gasteiger charge is -2.20. The minimum atomic E-state index is -5.13. The third-order valence-corrected chi connectivity index (χ3v) is 8.45. The number of carboxylic acids is 1. The van der Waals surface area contributed by atoms with Crippen LogP contribution in [0.2, 0.25) is 0 Å². The Morgan fingerprint density at radius 2 is 1.46 bits per heavy atom. The molecule has 1 saturated heterocycles. The predicted molar refractivity (Wildman–Crippen MR) is 158 cm³/mol. The molecule has 0 radical (unpaired) electrons. The van der Waals surface area contributed by atoms with Crippen LogP contribution in [0.15, 0.2) is 72.0 Å². The number of carboxylic acid groups (broad SMARTS) is 1. The van der Waals surface area contributed by atoms with Crippen LogP contribution in [0.5, 0.6) is 5.88 Å². The van der Waals surface area contributed by atoms with Crippen molar-refractivity contribution in [3.05, 3.63) is 106 Å². The van der Waals surface area contributed by atoms with E-state index in [4.69, 9.17) is 14.3 Å². The van der Waals surface area contributed by atoms with E-state index in [-0.39, 0.29) is 46.5 Å². The third kappa shape index (κ3) is 6.46. The van der Waals surface area contributed by atoms with E-state index in [1.54, 1.807) is 19.1 Å². The molecule has 0 spiro atoms. The lowest BCUT2D eigenvalue weighted by atomic mass is 9.86. The number of benzene rings is 3. The first-order valence-electron chi connectivity index (χ1n) is 14.6. The fraction of sp³-hybridized carbons (Fsp3) is 0.265. The molecule has 4 aromatic rings. The standard InChI is InChI=1S/C34H23F9N2O5/c1-15-7-16(31(46)47)3-5-22(15)18-10-25(30(48-2)44-13-18)23-6-4-19(32(35,36)37)12-24(23)29-27-26(14-49-29)28(50-45-27)17-8-20(33(38,39)40)11-21(9-17)34(41,42)43/h3-13,26,28-29H,14H2,1-2H3,(H,46,47)/t26-,28-,29+/m0/s1. The average Bonchev–Trinajstić information content (AvgIpc) is 3.65. The molecule has 2 aliphatic heterocycles. The number of fused-ring (bicyclic) bond motifs is 1. The maximum atomic E-state index is 14.0. The molecule has 16 heteroatoms. The van der Waals surface area contributed by atoms with Crippen LogP contribution >= 0.6 is 0 Å². The molecule has 262 valence electrons. The number of halogens is 9. The van der Waals surface area contributed by atoms with Gasteiger partial charge in [-0.1, -0.05) is 17.3 Å². The number of ether oxygens (including phenoxy) is 2. The summed E-state index contributed by atoms with van der Waals surface area (Å²) in [4.78, 5) is 21.1. The Hall–Kier alpha value is -5.12. The number of pyridine rings is 1. The highest BCUT2D eigenvalue weighted by Crippen LogP contribution is 2.49. The van der Waals surface area contributed by atoms with E-state index in [0.29, 0.717) is 28.8 Å². The zero-order valence-corrected chi connectivity index (χ0v) is 25.7. The summed E-state index contributed by atoms with van der Waals surface area (Å²) in [5, 5.41) is 13.3. The second kappa shape index (κ2) is 12.3. The molecule has 0 aliphatic carbocycles. The number of rotatable bonds is 6. The molecule has 0 unspecified atom stereocenters. The van der Waals surface area contributed by atoms with Gasteiger partial charge < -0.3 is 19.4 Å². The molecule has 1 N–H and O–H groups in total. The maximum Gasteiger partial charge on any atom is 0.416 e. The molecular formula is C34H23F9N2O5. The number of oxime groups is 1. The highest BCUT2D eigenvalue weighted by molar-refractivity contribution is 5.96. The summed E-state index contributed by atoms with van der Waals surface area (Å²) in [5.41, 5.74) is -2.89. The molecule has 3 aromatic carbocycles. The number of hydrogen-bond donors (Lipinski definition) is 1. The quantitative estimate of drug-likeness (QED) is 0.201. The number of carbonyl (C=O) groups is 1. The molecular weight excluding hydrogens is 687 g/mol. The lowest BCUT2D eigenvalue weighted by Crippen LogP contribution is -2.19. The Bertz CT molecular complexity index is 1990. The van der Waals surface area contributed by atoms with Crippen LogP contribution in [0.1, 0.15) is 55.9 Å². The van der Waals surface area contributed by atoms with Crippen LogP contribution in [0.25, 0.3) is 22.3 Å². The Balaban J connectivity index is 1.44. The fourth-order valence-electron chi connectivity index (χ4n) is 6.08. The van der Waals surface area contributed by atoms with Gasteiger partial charge in [-0.2, -0.15) is 39.5 Å². The SMILES string of the molecule is COc1ncc(-c2ccc(C(=O)O)cc2C)cc1-c1ccc(C(F)(F)F)cc1[C@H]1OC[C@H]2C1=NO[C@H]2c1cc(C(F)(F)F)cc(C(F)(F)F)c1. The number of nitrogens with zero attached hydrogens (tertiary/aromatic N) is 2. The van der Waals surface area contributed by atoms with Gasteiger partial charge in [0.15, 0.2) is 6.10 Å². The topological polar surface area (TPSA) is 90.2 Å². The van der Waals surface area contributed by atoms with E-state index in [1.807, 2.05) is 0 Å². The van der Waals surface area contributed by atoms with Gasteiger partial charge in [0, 0.05) is 17.3 Å². The van der Waals surface area contributed by atoms with Gasteiger partial charge in [0.05, 0.1) is 41.9 Å². The average molecular weight is 711 g/mol. The highest BCUT2D eigenvalue weighted by Gasteiger charge is 2.48. The van der Waals surface area contributed by atoms with E-state index in [9.17, 15) is 49.4 Å². The van der Waals surface area contributed by atoms with Crippen molar-refractivity contribution in [2.75, 3.05) is 13.7 Å². The van der Waals surface area contributed by atoms with Gasteiger partial charge in [-0.05, 0) is 83.3 Å². The van der Waals surface area contributed by atoms with Gasteiger partial charge in [0.1, 0.15) is 11.8 Å². The molecule has 7 nitrogen and oxygen atoms in total. The Morgan fingerprint density at radius 3 is 2.04 bits per heavy atom. The molecule has 2 aliphatic rings. The predicted octanol–water partition coefficient (Wildman–Crippen LogP) is 9.30. The summed E-state index contributed by atoms with van der Waals surface area (Å²) in [7, 11) is 1.29. The fourth-order valence-corrected chi connectivity index (χ4v) is 6.08. The molecule has 0 saturated carbocycles. The zero-order chi connectivity index (χ0) is 36.3. The molecule has 0 amide bonds. The Labute approximate surface area is 276 Å². The first kappa shape index (κ1) is 34.7. The summed E-state index contributed by atoms with van der Waals surface area (Å²) < 4.78 is 135. The number of methoxy groups -OCH3 is 1. The Kier molecular flexibility index (Phi) is 8.57. The number of hydrogen-bond acceptors (Lipinski definition) is 6. The molecule has 1 fully saturated rings. The van der Waals surface area contributed by atoms with Gasteiger partial charge in [-0.3, -0.25) is 0 Å². The van der Waals surface area contributed by atoms with Gasteiger partial charge in [0.2, 0.25) is 5.88 Å². The summed E-state index contributed by atoms with van der Waals surface area (Å²) in [5.74, 6) is -2.20. The minimum Gasteiger partial charge on any atom is -0.481 e. The van der Waals surface area contributed by atoms with E-state index in [0.717, 1.165) is 18.2 Å². The van der Waals surface area contributed by atoms with Crippen molar-refractivity contribution in [2.45, 2.75) is 37.7 Å². The van der Waals surface area contributed by atoms with Crippen LogP contribution in [0.3, 0.4) is 0 Å². The van der Waals surface area contributed by atoms with E-state index in [2.05, 4.69) is 10.1 Å². The van der Waals surface area contributed by atoms with Crippen molar-refractivity contribution in [1.82, 2.24) is 4.98 Å². The second-order valence-corrected chi connectivity index (χ2v) is 11.6. The molecule has 50 heavy (non-hydrogen) atoms. The number of alkyl halides is 9. The molecule has 3 atom stereocenters. The second-order valence-electron chi connectivity index (χ2n) is 11.6. The summed E-state index contributed by atoms with van der Waals surface area (Å²) in [6.45, 7) is 1.31. The van der Waals surface area contributed by atoms with Gasteiger partial charge in [0.25, 0.3) is 0 Å². The van der Waals surface area contributed by atoms with Gasteiger partial charge >= 0.3 is 24.5 Å². The normalized spacial score (nSPS) is 19.2. The summed E-state index contributed by atoms with van der Waals surface area (Å²) in [6, 6.07) is 9.72. The molecule has 1 aromatic heterocycles. The lowest BCUT2D eigenvalue weighted by molar-refractivity contribution is -0.143. The largest absolute Gasteiger partial charge is 0.481 e. The van der Waals surface area contributed by atoms with Crippen LogP contribution < -0.4 is 4.74 Å². The van der Waals surface area contributed by atoms with E-state index >= 15 is 0 Å². The number of aromatic carboxylic acids is 1. The first-order chi connectivity index (χ1) is 23.4. The highest BCUT2D eigenvalue weighted by atomic mass is 19.4. The van der Waals surface area contributed by atoms with Crippen molar-refractivity contribution in [3.63, 3.8) is 0 Å². The zero-order valence-electron chi connectivity index (χ0n) is 25.7. The maximum absolute atomic E-state index is 14.0. The van der Waals surface area contributed by atoms with Crippen LogP contribution in [-0.4, -0.2) is 35.5 Å². The van der Waals surface area contributed by atoms with Gasteiger partial charge in [-0.15, -0.1) is 0 Å². The first-order valence-corrected chi connectivity index (χ1v) is 14.6. The van der Waals surface area contributed by atoms with Crippen LogP contribution in [0.4, 0.5) is 39.5 Å². The summed E-state index contributed by atoms with van der Waals surface area (Å²) >= 11 is 0. The molecule has 6 rings (SSSR count). The van der Waals surface area contributed by atoms with Crippen molar-refractivity contribution in [1.29, 1.82) is 0 Å². The monoisotopic (exact) mass is 710 g/mol. The molecule has 3 heterocycles. The van der Waals surface area contributed by atoms with Crippen molar-refractivity contribution >= 4 is 11.7 Å². The third-order valence-electron chi connectivity index (χ3n) is 8.45. The van der Waals surface area contributed by atoms with Crippen LogP contribution in [-0.2, 0) is 28.1 Å². The molecule has 0 bridgehead atoms. The summed E-state index contributed by atoms with van der Waals surface area (Å²) in [6.07, 6.45) is -16.5. The number of aromatic nitrogens is 1. The minimum absolute atomic E-state index is 0.00440. The van der Waals surface area contributed by atoms with Gasteiger partial charge in [-0.25, -0.2) is 9.78 Å². The van der Waals surface area contributed by atoms with Crippen LogP contribution in [0, 0.1) is 12.8 Å². The smallest absolute Gasteiger partial charge is 0.416 e. The van der Waals surface area contributed by atoms with Crippen molar-refractivity contribution in [2.24, 2.45) is 11.1 Å². The van der Waals surface area contributed by atoms with E-state index in [1.165, 1.54) is 25.4 Å².